The number of fused-ring (bicyclic) bond motifs is 3. The molecule has 0 bridgehead atoms. The van der Waals surface area contributed by atoms with Gasteiger partial charge in [-0.15, -0.1) is 0 Å². The Kier molecular flexibility index (Phi) is 5.95. The minimum atomic E-state index is -0.333. The van der Waals surface area contributed by atoms with Crippen LogP contribution in [0.3, 0.4) is 0 Å². The van der Waals surface area contributed by atoms with Gasteiger partial charge < -0.3 is 9.72 Å². The van der Waals surface area contributed by atoms with E-state index in [0.717, 1.165) is 43.4 Å². The van der Waals surface area contributed by atoms with Gasteiger partial charge >= 0.3 is 5.97 Å². The van der Waals surface area contributed by atoms with Crippen LogP contribution in [0.15, 0.2) is 42.5 Å². The van der Waals surface area contributed by atoms with Gasteiger partial charge in [0.05, 0.1) is 12.2 Å². The molecule has 0 amide bonds. The summed E-state index contributed by atoms with van der Waals surface area (Å²) in [4.78, 5) is 30.2. The van der Waals surface area contributed by atoms with Crippen LogP contribution < -0.4 is 0 Å². The number of nitrogens with zero attached hydrogens (tertiary/aromatic N) is 1. The number of nitrogens with one attached hydrogen (secondary N) is 1. The van der Waals surface area contributed by atoms with Crippen molar-refractivity contribution < 1.29 is 18.7 Å². The summed E-state index contributed by atoms with van der Waals surface area (Å²) in [5.41, 5.74) is 4.58. The van der Waals surface area contributed by atoms with E-state index in [0.29, 0.717) is 24.2 Å². The molecular weight excluding hydrogens is 383 g/mol. The summed E-state index contributed by atoms with van der Waals surface area (Å²) in [5.74, 6) is -0.597. The Morgan fingerprint density at radius 1 is 1.13 bits per heavy atom. The van der Waals surface area contributed by atoms with Crippen molar-refractivity contribution in [3.63, 3.8) is 0 Å². The van der Waals surface area contributed by atoms with Crippen molar-refractivity contribution in [2.45, 2.75) is 32.7 Å². The summed E-state index contributed by atoms with van der Waals surface area (Å²) in [6.45, 7) is 4.68. The van der Waals surface area contributed by atoms with E-state index < -0.39 is 0 Å². The van der Waals surface area contributed by atoms with E-state index in [1.54, 1.807) is 13.0 Å². The number of ketones is 1. The fourth-order valence-electron chi connectivity index (χ4n) is 4.05. The average Bonchev–Trinajstić information content (AvgIpc) is 3.11. The zero-order valence-corrected chi connectivity index (χ0v) is 17.0. The quantitative estimate of drug-likeness (QED) is 0.462. The number of hydrogen-bond acceptors (Lipinski definition) is 4. The number of Topliss-reactive ketones (excluding diaryl/α,β-unsaturated/α-hetero) is 1. The molecule has 6 heteroatoms. The first-order valence-electron chi connectivity index (χ1n) is 10.4. The van der Waals surface area contributed by atoms with Crippen LogP contribution >= 0.6 is 0 Å². The Labute approximate surface area is 174 Å². The van der Waals surface area contributed by atoms with Crippen molar-refractivity contribution >= 4 is 22.7 Å². The van der Waals surface area contributed by atoms with Crippen LogP contribution in [0.4, 0.5) is 4.39 Å². The van der Waals surface area contributed by atoms with E-state index in [1.807, 2.05) is 12.1 Å². The lowest BCUT2D eigenvalue weighted by Gasteiger charge is -2.27. The van der Waals surface area contributed by atoms with Crippen molar-refractivity contribution in [2.24, 2.45) is 0 Å². The first-order valence-corrected chi connectivity index (χ1v) is 10.4. The highest BCUT2D eigenvalue weighted by molar-refractivity contribution is 5.96. The van der Waals surface area contributed by atoms with E-state index in [-0.39, 0.29) is 17.6 Å². The second-order valence-corrected chi connectivity index (χ2v) is 7.62. The van der Waals surface area contributed by atoms with Gasteiger partial charge in [-0.05, 0) is 67.9 Å². The molecule has 2 aromatic carbocycles. The molecular formula is C24H25FN2O3. The maximum atomic E-state index is 13.0. The van der Waals surface area contributed by atoms with Gasteiger partial charge in [0.2, 0.25) is 0 Å². The highest BCUT2D eigenvalue weighted by Crippen LogP contribution is 2.29. The minimum absolute atomic E-state index is 0.0406. The number of benzene rings is 2. The summed E-state index contributed by atoms with van der Waals surface area (Å²) >= 11 is 0. The fraction of sp³-hybridized carbons (Fsp3) is 0.333. The molecule has 0 saturated carbocycles. The van der Waals surface area contributed by atoms with E-state index in [4.69, 9.17) is 4.74 Å². The smallest absolute Gasteiger partial charge is 0.338 e. The van der Waals surface area contributed by atoms with Gasteiger partial charge in [0.25, 0.3) is 0 Å². The first kappa shape index (κ1) is 20.3. The number of H-pyrrole nitrogens is 1. The number of esters is 1. The number of aromatic amines is 1. The standard InChI is InChI=1S/C24H25FN2O3/c1-2-30-24(29)17-7-10-21-19(14-17)20-15-27(13-11-22(20)26-21)12-3-4-23(28)16-5-8-18(25)9-6-16/h5-10,14,26H,2-4,11-13,15H2,1H3. The molecule has 1 aliphatic rings. The van der Waals surface area contributed by atoms with E-state index in [9.17, 15) is 14.0 Å². The molecule has 0 fully saturated rings. The predicted octanol–water partition coefficient (Wildman–Crippen LogP) is 4.50. The van der Waals surface area contributed by atoms with Gasteiger partial charge in [-0.2, -0.15) is 0 Å². The van der Waals surface area contributed by atoms with Crippen molar-refractivity contribution in [1.82, 2.24) is 9.88 Å². The zero-order valence-electron chi connectivity index (χ0n) is 17.0. The van der Waals surface area contributed by atoms with Crippen LogP contribution in [0, 0.1) is 5.82 Å². The molecule has 0 radical (unpaired) electrons. The number of ether oxygens (including phenoxy) is 1. The lowest BCUT2D eigenvalue weighted by molar-refractivity contribution is 0.0526. The molecule has 30 heavy (non-hydrogen) atoms. The molecule has 4 rings (SSSR count). The van der Waals surface area contributed by atoms with Crippen LogP contribution in [-0.2, 0) is 17.7 Å². The molecule has 1 aliphatic heterocycles. The van der Waals surface area contributed by atoms with Crippen LogP contribution in [0.1, 0.15) is 51.7 Å². The molecule has 0 spiro atoms. The normalized spacial score (nSPS) is 13.9. The van der Waals surface area contributed by atoms with Crippen molar-refractivity contribution in [3.05, 3.63) is 70.7 Å². The summed E-state index contributed by atoms with van der Waals surface area (Å²) in [7, 11) is 0. The van der Waals surface area contributed by atoms with E-state index >= 15 is 0 Å². The largest absolute Gasteiger partial charge is 0.462 e. The number of carbonyl (C=O) groups is 2. The van der Waals surface area contributed by atoms with Crippen LogP contribution in [0.5, 0.6) is 0 Å². The SMILES string of the molecule is CCOC(=O)c1ccc2[nH]c3c(c2c1)CN(CCCC(=O)c1ccc(F)cc1)CC3. The third kappa shape index (κ3) is 4.28. The Balaban J connectivity index is 1.40. The molecule has 0 atom stereocenters. The zero-order chi connectivity index (χ0) is 21.1. The van der Waals surface area contributed by atoms with Gasteiger partial charge in [0.1, 0.15) is 5.82 Å². The van der Waals surface area contributed by atoms with Crippen molar-refractivity contribution in [2.75, 3.05) is 19.7 Å². The highest BCUT2D eigenvalue weighted by atomic mass is 19.1. The average molecular weight is 408 g/mol. The van der Waals surface area contributed by atoms with E-state index in [1.165, 1.54) is 35.5 Å². The molecule has 1 aromatic heterocycles. The summed E-state index contributed by atoms with van der Waals surface area (Å²) < 4.78 is 18.1. The third-order valence-corrected chi connectivity index (χ3v) is 5.61. The number of hydrogen-bond donors (Lipinski definition) is 1. The van der Waals surface area contributed by atoms with Gasteiger partial charge in [0, 0.05) is 48.1 Å². The molecule has 1 N–H and O–H groups in total. The number of carbonyl (C=O) groups excluding carboxylic acids is 2. The third-order valence-electron chi connectivity index (χ3n) is 5.61. The van der Waals surface area contributed by atoms with Gasteiger partial charge in [-0.1, -0.05) is 0 Å². The van der Waals surface area contributed by atoms with Gasteiger partial charge in [0.15, 0.2) is 5.78 Å². The molecule has 0 unspecified atom stereocenters. The van der Waals surface area contributed by atoms with Crippen LogP contribution in [0.2, 0.25) is 0 Å². The van der Waals surface area contributed by atoms with E-state index in [2.05, 4.69) is 9.88 Å². The summed E-state index contributed by atoms with van der Waals surface area (Å²) in [6.07, 6.45) is 2.10. The van der Waals surface area contributed by atoms with Crippen molar-refractivity contribution in [3.8, 4) is 0 Å². The minimum Gasteiger partial charge on any atom is -0.462 e. The first-order chi connectivity index (χ1) is 14.5. The fourth-order valence-corrected chi connectivity index (χ4v) is 4.05. The van der Waals surface area contributed by atoms with Crippen molar-refractivity contribution in [1.29, 1.82) is 0 Å². The maximum Gasteiger partial charge on any atom is 0.338 e. The number of aromatic nitrogens is 1. The topological polar surface area (TPSA) is 62.4 Å². The number of halogens is 1. The Hall–Kier alpha value is -2.99. The Morgan fingerprint density at radius 2 is 1.90 bits per heavy atom. The van der Waals surface area contributed by atoms with Gasteiger partial charge in [-0.25, -0.2) is 9.18 Å². The van der Waals surface area contributed by atoms with Crippen LogP contribution in [0.25, 0.3) is 10.9 Å². The Bertz CT molecular complexity index is 1070. The van der Waals surface area contributed by atoms with Gasteiger partial charge in [-0.3, -0.25) is 9.69 Å². The monoisotopic (exact) mass is 408 g/mol. The Morgan fingerprint density at radius 3 is 2.67 bits per heavy atom. The molecule has 2 heterocycles. The summed E-state index contributed by atoms with van der Waals surface area (Å²) in [6, 6.07) is 11.4. The second kappa shape index (κ2) is 8.79. The lowest BCUT2D eigenvalue weighted by Crippen LogP contribution is -2.31. The summed E-state index contributed by atoms with van der Waals surface area (Å²) in [5, 5.41) is 1.06. The highest BCUT2D eigenvalue weighted by Gasteiger charge is 2.21. The predicted molar refractivity (Wildman–Crippen MR) is 113 cm³/mol. The molecule has 156 valence electrons. The molecule has 0 saturated heterocycles. The van der Waals surface area contributed by atoms with Crippen LogP contribution in [-0.4, -0.2) is 41.3 Å². The molecule has 3 aromatic rings. The lowest BCUT2D eigenvalue weighted by atomic mass is 10.0. The molecule has 0 aliphatic carbocycles. The second-order valence-electron chi connectivity index (χ2n) is 7.62. The number of rotatable bonds is 7. The maximum absolute atomic E-state index is 13.0. The molecule has 5 nitrogen and oxygen atoms in total.